The van der Waals surface area contributed by atoms with Crippen molar-refractivity contribution >= 4 is 21.6 Å². The summed E-state index contributed by atoms with van der Waals surface area (Å²) in [5.41, 5.74) is -0.219. The van der Waals surface area contributed by atoms with E-state index in [0.717, 1.165) is 40.7 Å². The lowest BCUT2D eigenvalue weighted by molar-refractivity contribution is 0.102. The second-order valence-corrected chi connectivity index (χ2v) is 8.65. The maximum absolute atomic E-state index is 14.3. The monoisotopic (exact) mass is 428 g/mol. The fourth-order valence-corrected chi connectivity index (χ4v) is 4.67. The first-order valence-electron chi connectivity index (χ1n) is 8.92. The van der Waals surface area contributed by atoms with E-state index in [1.165, 1.54) is 0 Å². The standard InChI is InChI=1S/C19H19F3N2O4S/c20-15-7-5-13(10-17(15)22)23-19(26)12-4-6-16(21)18(9-12)29(27,28)24-8-2-1-3-14(25)11-24/h4-7,9-10,14,25H,1-3,8,11H2,(H,23,26)/t14-/m0/s1. The van der Waals surface area contributed by atoms with Gasteiger partial charge >= 0.3 is 0 Å². The van der Waals surface area contributed by atoms with Gasteiger partial charge in [-0.1, -0.05) is 0 Å². The van der Waals surface area contributed by atoms with Crippen LogP contribution in [0.5, 0.6) is 0 Å². The molecule has 1 amide bonds. The Morgan fingerprint density at radius 3 is 2.48 bits per heavy atom. The molecule has 6 nitrogen and oxygen atoms in total. The molecule has 10 heteroatoms. The Hall–Kier alpha value is -2.43. The van der Waals surface area contributed by atoms with E-state index in [-0.39, 0.29) is 24.3 Å². The minimum Gasteiger partial charge on any atom is -0.392 e. The lowest BCUT2D eigenvalue weighted by atomic mass is 10.2. The molecule has 0 aromatic heterocycles. The number of anilines is 1. The van der Waals surface area contributed by atoms with Crippen molar-refractivity contribution in [2.45, 2.75) is 30.3 Å². The summed E-state index contributed by atoms with van der Waals surface area (Å²) in [5, 5.41) is 12.2. The average molecular weight is 428 g/mol. The summed E-state index contributed by atoms with van der Waals surface area (Å²) >= 11 is 0. The van der Waals surface area contributed by atoms with E-state index in [1.54, 1.807) is 0 Å². The first kappa shape index (κ1) is 21.3. The molecule has 1 aliphatic rings. The van der Waals surface area contributed by atoms with Crippen molar-refractivity contribution in [1.29, 1.82) is 0 Å². The van der Waals surface area contributed by atoms with Gasteiger partial charge < -0.3 is 10.4 Å². The first-order chi connectivity index (χ1) is 13.7. The maximum atomic E-state index is 14.3. The quantitative estimate of drug-likeness (QED) is 0.784. The Balaban J connectivity index is 1.88. The molecule has 0 aliphatic carbocycles. The summed E-state index contributed by atoms with van der Waals surface area (Å²) in [7, 11) is -4.28. The van der Waals surface area contributed by atoms with Gasteiger partial charge in [-0.3, -0.25) is 4.79 Å². The average Bonchev–Trinajstić information content (AvgIpc) is 2.90. The first-order valence-corrected chi connectivity index (χ1v) is 10.4. The molecule has 1 fully saturated rings. The molecule has 0 saturated carbocycles. The van der Waals surface area contributed by atoms with Crippen LogP contribution < -0.4 is 5.32 Å². The highest BCUT2D eigenvalue weighted by Crippen LogP contribution is 2.24. The van der Waals surface area contributed by atoms with Crippen LogP contribution in [0, 0.1) is 17.5 Å². The largest absolute Gasteiger partial charge is 0.392 e. The van der Waals surface area contributed by atoms with Crippen molar-refractivity contribution in [3.8, 4) is 0 Å². The van der Waals surface area contributed by atoms with Gasteiger partial charge in [0.2, 0.25) is 10.0 Å². The number of carbonyl (C=O) groups is 1. The molecule has 29 heavy (non-hydrogen) atoms. The van der Waals surface area contributed by atoms with Crippen LogP contribution in [0.4, 0.5) is 18.9 Å². The minimum absolute atomic E-state index is 0.0433. The third kappa shape index (κ3) is 4.77. The highest BCUT2D eigenvalue weighted by Gasteiger charge is 2.31. The lowest BCUT2D eigenvalue weighted by Gasteiger charge is -2.22. The molecule has 1 saturated heterocycles. The molecule has 2 aromatic carbocycles. The van der Waals surface area contributed by atoms with Gasteiger partial charge in [0.25, 0.3) is 5.91 Å². The minimum atomic E-state index is -4.28. The normalized spacial score (nSPS) is 18.3. The number of aliphatic hydroxyl groups excluding tert-OH is 1. The van der Waals surface area contributed by atoms with Gasteiger partial charge in [0.1, 0.15) is 10.7 Å². The van der Waals surface area contributed by atoms with Crippen LogP contribution in [0.2, 0.25) is 0 Å². The lowest BCUT2D eigenvalue weighted by Crippen LogP contribution is -2.36. The van der Waals surface area contributed by atoms with Crippen molar-refractivity contribution < 1.29 is 31.5 Å². The number of nitrogens with one attached hydrogen (secondary N) is 1. The van der Waals surface area contributed by atoms with Gasteiger partial charge in [-0.2, -0.15) is 4.31 Å². The number of rotatable bonds is 4. The summed E-state index contributed by atoms with van der Waals surface area (Å²) in [6, 6.07) is 5.55. The number of hydrogen-bond donors (Lipinski definition) is 2. The summed E-state index contributed by atoms with van der Waals surface area (Å²) < 4.78 is 67.4. The molecular formula is C19H19F3N2O4S. The number of β-amino-alcohol motifs (C(OH)–C–C–N with tert-alkyl or cyclic N) is 1. The van der Waals surface area contributed by atoms with Crippen molar-refractivity contribution in [2.24, 2.45) is 0 Å². The van der Waals surface area contributed by atoms with E-state index in [2.05, 4.69) is 5.32 Å². The second kappa shape index (κ2) is 8.52. The molecule has 156 valence electrons. The predicted octanol–water partition coefficient (Wildman–Crippen LogP) is 2.89. The van der Waals surface area contributed by atoms with Crippen LogP contribution in [0.1, 0.15) is 29.6 Å². The Morgan fingerprint density at radius 2 is 1.76 bits per heavy atom. The third-order valence-electron chi connectivity index (χ3n) is 4.60. The highest BCUT2D eigenvalue weighted by molar-refractivity contribution is 7.89. The molecule has 2 N–H and O–H groups in total. The summed E-state index contributed by atoms with van der Waals surface area (Å²) in [5.74, 6) is -4.10. The number of benzene rings is 2. The third-order valence-corrected chi connectivity index (χ3v) is 6.48. The molecule has 0 bridgehead atoms. The summed E-state index contributed by atoms with van der Waals surface area (Å²) in [4.78, 5) is 11.7. The molecular weight excluding hydrogens is 409 g/mol. The van der Waals surface area contributed by atoms with Crippen molar-refractivity contribution in [2.75, 3.05) is 18.4 Å². The van der Waals surface area contributed by atoms with Gasteiger partial charge in [0, 0.05) is 30.4 Å². The molecule has 0 spiro atoms. The molecule has 0 radical (unpaired) electrons. The summed E-state index contributed by atoms with van der Waals surface area (Å²) in [6.45, 7) is -0.0306. The number of amides is 1. The molecule has 3 rings (SSSR count). The van der Waals surface area contributed by atoms with Gasteiger partial charge in [-0.15, -0.1) is 0 Å². The van der Waals surface area contributed by atoms with E-state index in [4.69, 9.17) is 0 Å². The number of sulfonamides is 1. The van der Waals surface area contributed by atoms with E-state index in [0.29, 0.717) is 19.3 Å². The van der Waals surface area contributed by atoms with Crippen LogP contribution in [-0.2, 0) is 10.0 Å². The Morgan fingerprint density at radius 1 is 1.03 bits per heavy atom. The van der Waals surface area contributed by atoms with Crippen molar-refractivity contribution in [3.63, 3.8) is 0 Å². The van der Waals surface area contributed by atoms with Gasteiger partial charge in [0.05, 0.1) is 6.10 Å². The molecule has 0 unspecified atom stereocenters. The van der Waals surface area contributed by atoms with Crippen LogP contribution in [-0.4, -0.2) is 42.9 Å². The molecule has 2 aromatic rings. The number of halogens is 3. The zero-order valence-electron chi connectivity index (χ0n) is 15.2. The number of carbonyl (C=O) groups excluding carboxylic acids is 1. The van der Waals surface area contributed by atoms with Crippen LogP contribution in [0.3, 0.4) is 0 Å². The fraction of sp³-hybridized carbons (Fsp3) is 0.316. The Bertz CT molecular complexity index is 1030. The zero-order valence-corrected chi connectivity index (χ0v) is 16.1. The van der Waals surface area contributed by atoms with Crippen LogP contribution in [0.25, 0.3) is 0 Å². The molecule has 1 aliphatic heterocycles. The number of nitrogens with zero attached hydrogens (tertiary/aromatic N) is 1. The highest BCUT2D eigenvalue weighted by atomic mass is 32.2. The van der Waals surface area contributed by atoms with Crippen LogP contribution in [0.15, 0.2) is 41.3 Å². The number of hydrogen-bond acceptors (Lipinski definition) is 4. The Kier molecular flexibility index (Phi) is 6.25. The fourth-order valence-electron chi connectivity index (χ4n) is 3.06. The number of aliphatic hydroxyl groups is 1. The molecule has 1 atom stereocenters. The summed E-state index contributed by atoms with van der Waals surface area (Å²) in [6.07, 6.45) is 0.765. The zero-order chi connectivity index (χ0) is 21.2. The van der Waals surface area contributed by atoms with Crippen molar-refractivity contribution in [1.82, 2.24) is 4.31 Å². The van der Waals surface area contributed by atoms with E-state index in [1.807, 2.05) is 0 Å². The van der Waals surface area contributed by atoms with Gasteiger partial charge in [-0.05, 0) is 49.6 Å². The second-order valence-electron chi connectivity index (χ2n) is 6.74. The van der Waals surface area contributed by atoms with E-state index >= 15 is 0 Å². The topological polar surface area (TPSA) is 86.7 Å². The van der Waals surface area contributed by atoms with Gasteiger partial charge in [-0.25, -0.2) is 21.6 Å². The predicted molar refractivity (Wildman–Crippen MR) is 99.3 cm³/mol. The smallest absolute Gasteiger partial charge is 0.255 e. The van der Waals surface area contributed by atoms with Crippen LogP contribution >= 0.6 is 0 Å². The van der Waals surface area contributed by atoms with E-state index < -0.39 is 44.4 Å². The molecule has 1 heterocycles. The maximum Gasteiger partial charge on any atom is 0.255 e. The van der Waals surface area contributed by atoms with E-state index in [9.17, 15) is 31.5 Å². The SMILES string of the molecule is O=C(Nc1ccc(F)c(F)c1)c1ccc(F)c(S(=O)(=O)N2CCCC[C@H](O)C2)c1. The van der Waals surface area contributed by atoms with Crippen molar-refractivity contribution in [3.05, 3.63) is 59.4 Å². The Labute approximate surface area is 166 Å². The van der Waals surface area contributed by atoms with Gasteiger partial charge in [0.15, 0.2) is 11.6 Å².